The van der Waals surface area contributed by atoms with Crippen LogP contribution in [0.5, 0.6) is 0 Å². The van der Waals surface area contributed by atoms with E-state index in [4.69, 9.17) is 11.6 Å². The Hall–Kier alpha value is -1.88. The van der Waals surface area contributed by atoms with Crippen molar-refractivity contribution in [1.29, 1.82) is 0 Å². The first kappa shape index (κ1) is 19.9. The van der Waals surface area contributed by atoms with Crippen molar-refractivity contribution in [2.75, 3.05) is 42.9 Å². The molecule has 27 heavy (non-hydrogen) atoms. The van der Waals surface area contributed by atoms with Gasteiger partial charge in [-0.05, 0) is 31.2 Å². The van der Waals surface area contributed by atoms with Gasteiger partial charge in [-0.3, -0.25) is 10.1 Å². The van der Waals surface area contributed by atoms with E-state index in [1.165, 1.54) is 16.4 Å². The number of thiophene rings is 1. The maximum absolute atomic E-state index is 12.7. The number of nitrogens with zero attached hydrogens (tertiary/aromatic N) is 3. The molecule has 1 saturated heterocycles. The second-order valence-electron chi connectivity index (χ2n) is 5.94. The third kappa shape index (κ3) is 4.18. The molecule has 0 unspecified atom stereocenters. The predicted octanol–water partition coefficient (Wildman–Crippen LogP) is 3.25. The lowest BCUT2D eigenvalue weighted by Gasteiger charge is -2.35. The van der Waals surface area contributed by atoms with Crippen LogP contribution in [0.3, 0.4) is 0 Å². The zero-order valence-corrected chi connectivity index (χ0v) is 17.0. The van der Waals surface area contributed by atoms with E-state index in [1.807, 2.05) is 11.8 Å². The van der Waals surface area contributed by atoms with Gasteiger partial charge in [0.05, 0.1) is 9.26 Å². The standard InChI is InChI=1S/C16H19ClN4O4S2/c1-2-18-13-11-12(3-4-14(13)21(22)23)19-7-9-20(10-8-19)27(24,25)16-6-5-15(17)26-16/h3-6,11,18H,2,7-10H2,1H3. The van der Waals surface area contributed by atoms with Crippen molar-refractivity contribution >= 4 is 50.0 Å². The number of nitro benzene ring substituents is 1. The van der Waals surface area contributed by atoms with Crippen LogP contribution in [0.4, 0.5) is 17.1 Å². The van der Waals surface area contributed by atoms with Crippen LogP contribution in [0.2, 0.25) is 4.34 Å². The van der Waals surface area contributed by atoms with Crippen LogP contribution in [-0.2, 0) is 10.0 Å². The summed E-state index contributed by atoms with van der Waals surface area (Å²) in [5.74, 6) is 0. The van der Waals surface area contributed by atoms with Gasteiger partial charge in [-0.15, -0.1) is 11.3 Å². The van der Waals surface area contributed by atoms with Crippen LogP contribution < -0.4 is 10.2 Å². The summed E-state index contributed by atoms with van der Waals surface area (Å²) in [5.41, 5.74) is 1.31. The molecule has 1 aromatic heterocycles. The molecule has 1 aliphatic heterocycles. The van der Waals surface area contributed by atoms with Gasteiger partial charge < -0.3 is 10.2 Å². The zero-order valence-electron chi connectivity index (χ0n) is 14.6. The molecule has 0 atom stereocenters. The molecule has 11 heteroatoms. The van der Waals surface area contributed by atoms with E-state index < -0.39 is 14.9 Å². The van der Waals surface area contributed by atoms with Gasteiger partial charge >= 0.3 is 0 Å². The lowest BCUT2D eigenvalue weighted by molar-refractivity contribution is -0.383. The number of hydrogen-bond acceptors (Lipinski definition) is 7. The van der Waals surface area contributed by atoms with E-state index in [1.54, 1.807) is 18.2 Å². The number of sulfonamides is 1. The molecule has 0 aliphatic carbocycles. The first-order chi connectivity index (χ1) is 12.8. The zero-order chi connectivity index (χ0) is 19.6. The lowest BCUT2D eigenvalue weighted by atomic mass is 10.2. The number of anilines is 2. The number of piperazine rings is 1. The molecule has 0 radical (unpaired) electrons. The minimum Gasteiger partial charge on any atom is -0.380 e. The number of hydrogen-bond donors (Lipinski definition) is 1. The van der Waals surface area contributed by atoms with Crippen molar-refractivity contribution in [3.8, 4) is 0 Å². The SMILES string of the molecule is CCNc1cc(N2CCN(S(=O)(=O)c3ccc(Cl)s3)CC2)ccc1[N+](=O)[O-]. The van der Waals surface area contributed by atoms with Crippen molar-refractivity contribution in [2.24, 2.45) is 0 Å². The van der Waals surface area contributed by atoms with Gasteiger partial charge in [-0.25, -0.2) is 8.42 Å². The summed E-state index contributed by atoms with van der Waals surface area (Å²) < 4.78 is 27.5. The van der Waals surface area contributed by atoms with Crippen LogP contribution >= 0.6 is 22.9 Å². The van der Waals surface area contributed by atoms with Crippen molar-refractivity contribution in [2.45, 2.75) is 11.1 Å². The van der Waals surface area contributed by atoms with E-state index in [0.717, 1.165) is 17.0 Å². The van der Waals surface area contributed by atoms with E-state index in [9.17, 15) is 18.5 Å². The maximum Gasteiger partial charge on any atom is 0.292 e. The molecule has 0 bridgehead atoms. The molecule has 146 valence electrons. The topological polar surface area (TPSA) is 95.8 Å². The molecule has 2 heterocycles. The Morgan fingerprint density at radius 2 is 1.93 bits per heavy atom. The molecule has 0 amide bonds. The molecule has 3 rings (SSSR count). The summed E-state index contributed by atoms with van der Waals surface area (Å²) in [7, 11) is -3.54. The average molecular weight is 431 g/mol. The molecular formula is C16H19ClN4O4S2. The number of halogens is 1. The molecule has 0 spiro atoms. The number of nitrogens with one attached hydrogen (secondary N) is 1. The van der Waals surface area contributed by atoms with E-state index in [2.05, 4.69) is 5.32 Å². The van der Waals surface area contributed by atoms with E-state index in [-0.39, 0.29) is 9.90 Å². The van der Waals surface area contributed by atoms with Crippen molar-refractivity contribution in [3.63, 3.8) is 0 Å². The first-order valence-electron chi connectivity index (χ1n) is 8.35. The monoisotopic (exact) mass is 430 g/mol. The summed E-state index contributed by atoms with van der Waals surface area (Å²) in [6, 6.07) is 8.01. The average Bonchev–Trinajstić information content (AvgIpc) is 3.09. The van der Waals surface area contributed by atoms with Crippen molar-refractivity contribution in [1.82, 2.24) is 4.31 Å². The van der Waals surface area contributed by atoms with Crippen molar-refractivity contribution in [3.05, 3.63) is 44.8 Å². The summed E-state index contributed by atoms with van der Waals surface area (Å²) in [6.45, 7) is 4.12. The molecule has 2 aromatic rings. The molecule has 1 aromatic carbocycles. The van der Waals surface area contributed by atoms with Gasteiger partial charge in [0, 0.05) is 44.5 Å². The molecule has 1 N–H and O–H groups in total. The molecule has 1 fully saturated rings. The fourth-order valence-corrected chi connectivity index (χ4v) is 6.02. The summed E-state index contributed by atoms with van der Waals surface area (Å²) >= 11 is 6.90. The Kier molecular flexibility index (Phi) is 5.89. The Balaban J connectivity index is 1.74. The van der Waals surface area contributed by atoms with Crippen LogP contribution in [-0.4, -0.2) is 50.4 Å². The highest BCUT2D eigenvalue weighted by molar-refractivity contribution is 7.91. The van der Waals surface area contributed by atoms with Gasteiger partial charge in [-0.2, -0.15) is 4.31 Å². The van der Waals surface area contributed by atoms with Gasteiger partial charge in [0.2, 0.25) is 0 Å². The molecule has 8 nitrogen and oxygen atoms in total. The fraction of sp³-hybridized carbons (Fsp3) is 0.375. The quantitative estimate of drug-likeness (QED) is 0.558. The Morgan fingerprint density at radius 3 is 2.48 bits per heavy atom. The smallest absolute Gasteiger partial charge is 0.292 e. The molecule has 1 aliphatic rings. The summed E-state index contributed by atoms with van der Waals surface area (Å²) in [6.07, 6.45) is 0. The van der Waals surface area contributed by atoms with Crippen LogP contribution in [0.1, 0.15) is 6.92 Å². The second-order valence-corrected chi connectivity index (χ2v) is 9.82. The highest BCUT2D eigenvalue weighted by Gasteiger charge is 2.30. The first-order valence-corrected chi connectivity index (χ1v) is 11.0. The van der Waals surface area contributed by atoms with Crippen molar-refractivity contribution < 1.29 is 13.3 Å². The van der Waals surface area contributed by atoms with Crippen LogP contribution in [0.25, 0.3) is 0 Å². The normalized spacial score (nSPS) is 15.7. The minimum absolute atomic E-state index is 0.0244. The number of benzene rings is 1. The largest absolute Gasteiger partial charge is 0.380 e. The molecule has 0 saturated carbocycles. The Morgan fingerprint density at radius 1 is 1.22 bits per heavy atom. The number of nitro groups is 1. The molecular weight excluding hydrogens is 412 g/mol. The van der Waals surface area contributed by atoms with E-state index >= 15 is 0 Å². The van der Waals surface area contributed by atoms with Gasteiger partial charge in [0.15, 0.2) is 0 Å². The van der Waals surface area contributed by atoms with Gasteiger partial charge in [0.25, 0.3) is 15.7 Å². The highest BCUT2D eigenvalue weighted by atomic mass is 35.5. The number of rotatable bonds is 6. The van der Waals surface area contributed by atoms with E-state index in [0.29, 0.717) is 42.7 Å². The van der Waals surface area contributed by atoms with Crippen LogP contribution in [0.15, 0.2) is 34.5 Å². The maximum atomic E-state index is 12.7. The third-order valence-electron chi connectivity index (χ3n) is 4.29. The Labute approximate surface area is 166 Å². The van der Waals surface area contributed by atoms with Gasteiger partial charge in [-0.1, -0.05) is 11.6 Å². The lowest BCUT2D eigenvalue weighted by Crippen LogP contribution is -2.48. The summed E-state index contributed by atoms with van der Waals surface area (Å²) in [4.78, 5) is 12.8. The fourth-order valence-electron chi connectivity index (χ4n) is 2.96. The second kappa shape index (κ2) is 8.01. The van der Waals surface area contributed by atoms with Gasteiger partial charge in [0.1, 0.15) is 9.90 Å². The minimum atomic E-state index is -3.54. The summed E-state index contributed by atoms with van der Waals surface area (Å²) in [5, 5.41) is 14.2. The van der Waals surface area contributed by atoms with Crippen LogP contribution in [0, 0.1) is 10.1 Å². The third-order valence-corrected chi connectivity index (χ3v) is 7.89. The predicted molar refractivity (Wildman–Crippen MR) is 108 cm³/mol. The highest BCUT2D eigenvalue weighted by Crippen LogP contribution is 2.32. The Bertz CT molecular complexity index is 940.